The molecular formula is C10H16BrN3S. The number of aromatic nitrogens is 2. The van der Waals surface area contributed by atoms with Crippen LogP contribution in [0.25, 0.3) is 0 Å². The highest BCUT2D eigenvalue weighted by atomic mass is 79.9. The van der Waals surface area contributed by atoms with E-state index in [1.54, 1.807) is 18.1 Å². The molecule has 0 fully saturated rings. The van der Waals surface area contributed by atoms with E-state index in [0.717, 1.165) is 23.8 Å². The summed E-state index contributed by atoms with van der Waals surface area (Å²) in [5.74, 6) is 0.988. The van der Waals surface area contributed by atoms with Gasteiger partial charge in [-0.2, -0.15) is 0 Å². The van der Waals surface area contributed by atoms with Crippen molar-refractivity contribution in [3.05, 3.63) is 12.4 Å². The minimum Gasteiger partial charge on any atom is -0.360 e. The van der Waals surface area contributed by atoms with Crippen molar-refractivity contribution < 1.29 is 0 Å². The van der Waals surface area contributed by atoms with Crippen molar-refractivity contribution in [1.29, 1.82) is 0 Å². The summed E-state index contributed by atoms with van der Waals surface area (Å²) >= 11 is 5.18. The molecule has 1 aromatic rings. The third kappa shape index (κ3) is 4.38. The molecule has 0 spiro atoms. The molecule has 0 aromatic carbocycles. The van der Waals surface area contributed by atoms with Gasteiger partial charge in [-0.15, -0.1) is 11.8 Å². The minimum absolute atomic E-state index is 0.543. The van der Waals surface area contributed by atoms with Crippen molar-refractivity contribution >= 4 is 33.5 Å². The van der Waals surface area contributed by atoms with Crippen LogP contribution in [0.3, 0.4) is 0 Å². The van der Waals surface area contributed by atoms with E-state index in [4.69, 9.17) is 0 Å². The molecule has 3 nitrogen and oxygen atoms in total. The Labute approximate surface area is 104 Å². The van der Waals surface area contributed by atoms with Crippen LogP contribution in [0.4, 0.5) is 5.82 Å². The van der Waals surface area contributed by atoms with Crippen molar-refractivity contribution in [3.8, 4) is 0 Å². The number of nitrogens with zero attached hydrogens (tertiary/aromatic N) is 3. The zero-order valence-corrected chi connectivity index (χ0v) is 11.7. The summed E-state index contributed by atoms with van der Waals surface area (Å²) in [6.07, 6.45) is 4.75. The molecule has 84 valence electrons. The Balaban J connectivity index is 2.60. The Morgan fingerprint density at radius 2 is 2.27 bits per heavy atom. The van der Waals surface area contributed by atoms with Gasteiger partial charge in [-0.25, -0.2) is 9.97 Å². The van der Waals surface area contributed by atoms with Crippen molar-refractivity contribution in [2.75, 3.05) is 24.7 Å². The normalized spacial score (nSPS) is 12.5. The van der Waals surface area contributed by atoms with Crippen LogP contribution in [0.1, 0.15) is 13.3 Å². The highest BCUT2D eigenvalue weighted by Crippen LogP contribution is 2.17. The number of halogens is 1. The third-order valence-electron chi connectivity index (χ3n) is 2.09. The molecule has 0 bridgehead atoms. The van der Waals surface area contributed by atoms with Crippen molar-refractivity contribution in [2.24, 2.45) is 0 Å². The van der Waals surface area contributed by atoms with Crippen LogP contribution < -0.4 is 4.90 Å². The molecule has 1 aromatic heterocycles. The molecule has 15 heavy (non-hydrogen) atoms. The van der Waals surface area contributed by atoms with Gasteiger partial charge in [-0.05, 0) is 12.7 Å². The van der Waals surface area contributed by atoms with E-state index >= 15 is 0 Å². The Hall–Kier alpha value is -0.290. The standard InChI is InChI=1S/C10H16BrN3S/c1-8(11)4-5-14(2)9-6-10(15-3)13-7-12-9/h6-8H,4-5H2,1-3H3. The fourth-order valence-electron chi connectivity index (χ4n) is 1.14. The largest absolute Gasteiger partial charge is 0.360 e. The molecule has 1 rings (SSSR count). The highest BCUT2D eigenvalue weighted by molar-refractivity contribution is 9.09. The maximum atomic E-state index is 4.25. The smallest absolute Gasteiger partial charge is 0.132 e. The second-order valence-electron chi connectivity index (χ2n) is 3.41. The lowest BCUT2D eigenvalue weighted by atomic mass is 10.3. The van der Waals surface area contributed by atoms with Crippen LogP contribution in [0.5, 0.6) is 0 Å². The number of anilines is 1. The first-order chi connectivity index (χ1) is 7.13. The Morgan fingerprint density at radius 1 is 1.53 bits per heavy atom. The van der Waals surface area contributed by atoms with Gasteiger partial charge in [-0.1, -0.05) is 22.9 Å². The number of rotatable bonds is 5. The molecule has 0 aliphatic carbocycles. The summed E-state index contributed by atoms with van der Waals surface area (Å²) in [4.78, 5) is 11.1. The summed E-state index contributed by atoms with van der Waals surface area (Å²) < 4.78 is 0. The molecule has 0 aliphatic rings. The SMILES string of the molecule is CSc1cc(N(C)CCC(C)Br)ncn1. The lowest BCUT2D eigenvalue weighted by Gasteiger charge is -2.18. The zero-order valence-electron chi connectivity index (χ0n) is 9.27. The van der Waals surface area contributed by atoms with E-state index in [2.05, 4.69) is 44.8 Å². The quantitative estimate of drug-likeness (QED) is 0.474. The summed E-state index contributed by atoms with van der Waals surface area (Å²) in [6, 6.07) is 2.02. The molecule has 0 aliphatic heterocycles. The number of hydrogen-bond acceptors (Lipinski definition) is 4. The molecular weight excluding hydrogens is 274 g/mol. The second kappa shape index (κ2) is 6.33. The molecule has 1 heterocycles. The van der Waals surface area contributed by atoms with E-state index < -0.39 is 0 Å². The molecule has 1 unspecified atom stereocenters. The van der Waals surface area contributed by atoms with Gasteiger partial charge in [0.1, 0.15) is 17.2 Å². The summed E-state index contributed by atoms with van der Waals surface area (Å²) in [5.41, 5.74) is 0. The minimum atomic E-state index is 0.543. The molecule has 0 N–H and O–H groups in total. The summed E-state index contributed by atoms with van der Waals surface area (Å²) in [6.45, 7) is 3.15. The fraction of sp³-hybridized carbons (Fsp3) is 0.600. The van der Waals surface area contributed by atoms with Crippen LogP contribution in [0.15, 0.2) is 17.4 Å². The van der Waals surface area contributed by atoms with Crippen LogP contribution in [0.2, 0.25) is 0 Å². The van der Waals surface area contributed by atoms with Crippen LogP contribution in [0, 0.1) is 0 Å². The first-order valence-corrected chi connectivity index (χ1v) is 6.98. The van der Waals surface area contributed by atoms with Gasteiger partial charge in [0.2, 0.25) is 0 Å². The first kappa shape index (κ1) is 12.8. The number of hydrogen-bond donors (Lipinski definition) is 0. The number of thioether (sulfide) groups is 1. The summed E-state index contributed by atoms with van der Waals surface area (Å²) in [5, 5.41) is 1.01. The van der Waals surface area contributed by atoms with Crippen LogP contribution in [-0.2, 0) is 0 Å². The van der Waals surface area contributed by atoms with Crippen molar-refractivity contribution in [3.63, 3.8) is 0 Å². The van der Waals surface area contributed by atoms with Crippen LogP contribution in [-0.4, -0.2) is 34.6 Å². The predicted octanol–water partition coefficient (Wildman–Crippen LogP) is 2.81. The third-order valence-corrected chi connectivity index (χ3v) is 3.19. The number of alkyl halides is 1. The Morgan fingerprint density at radius 3 is 2.87 bits per heavy atom. The topological polar surface area (TPSA) is 29.0 Å². The molecule has 0 amide bonds. The average Bonchev–Trinajstić information content (AvgIpc) is 2.26. The van der Waals surface area contributed by atoms with E-state index in [1.165, 1.54) is 0 Å². The lowest BCUT2D eigenvalue weighted by molar-refractivity contribution is 0.774. The first-order valence-electron chi connectivity index (χ1n) is 4.84. The Kier molecular flexibility index (Phi) is 5.39. The second-order valence-corrected chi connectivity index (χ2v) is 5.80. The molecule has 5 heteroatoms. The van der Waals surface area contributed by atoms with Gasteiger partial charge >= 0.3 is 0 Å². The van der Waals surface area contributed by atoms with Gasteiger partial charge in [0.05, 0.1) is 0 Å². The van der Waals surface area contributed by atoms with Crippen molar-refractivity contribution in [2.45, 2.75) is 23.2 Å². The molecule has 1 atom stereocenters. The molecule has 0 radical (unpaired) electrons. The molecule has 0 saturated heterocycles. The predicted molar refractivity (Wildman–Crippen MR) is 70.1 cm³/mol. The fourth-order valence-corrected chi connectivity index (χ4v) is 1.72. The van der Waals surface area contributed by atoms with Gasteiger partial charge in [-0.3, -0.25) is 0 Å². The maximum absolute atomic E-state index is 4.25. The average molecular weight is 290 g/mol. The van der Waals surface area contributed by atoms with Gasteiger partial charge in [0, 0.05) is 24.5 Å². The van der Waals surface area contributed by atoms with Crippen LogP contribution >= 0.6 is 27.7 Å². The van der Waals surface area contributed by atoms with Gasteiger partial charge in [0.25, 0.3) is 0 Å². The van der Waals surface area contributed by atoms with E-state index in [0.29, 0.717) is 4.83 Å². The lowest BCUT2D eigenvalue weighted by Crippen LogP contribution is -2.21. The van der Waals surface area contributed by atoms with E-state index in [1.807, 2.05) is 12.3 Å². The molecule has 0 saturated carbocycles. The monoisotopic (exact) mass is 289 g/mol. The zero-order chi connectivity index (χ0) is 11.3. The van der Waals surface area contributed by atoms with Gasteiger partial charge in [0.15, 0.2) is 0 Å². The van der Waals surface area contributed by atoms with E-state index in [-0.39, 0.29) is 0 Å². The van der Waals surface area contributed by atoms with E-state index in [9.17, 15) is 0 Å². The highest BCUT2D eigenvalue weighted by Gasteiger charge is 2.05. The Bertz CT molecular complexity index is 306. The van der Waals surface area contributed by atoms with Gasteiger partial charge < -0.3 is 4.90 Å². The summed E-state index contributed by atoms with van der Waals surface area (Å²) in [7, 11) is 2.06. The van der Waals surface area contributed by atoms with Crippen molar-refractivity contribution in [1.82, 2.24) is 9.97 Å². The maximum Gasteiger partial charge on any atom is 0.132 e.